The van der Waals surface area contributed by atoms with Crippen molar-refractivity contribution < 1.29 is 4.79 Å². The van der Waals surface area contributed by atoms with Gasteiger partial charge in [0, 0.05) is 22.3 Å². The number of carbonyl (C=O) groups excluding carboxylic acids is 1. The Morgan fingerprint density at radius 3 is 2.73 bits per heavy atom. The van der Waals surface area contributed by atoms with E-state index < -0.39 is 0 Å². The highest BCUT2D eigenvalue weighted by Crippen LogP contribution is 2.32. The van der Waals surface area contributed by atoms with Crippen LogP contribution in [0, 0.1) is 0 Å². The summed E-state index contributed by atoms with van der Waals surface area (Å²) in [5.41, 5.74) is 0.784. The predicted molar refractivity (Wildman–Crippen MR) is 68.8 cm³/mol. The quantitative estimate of drug-likeness (QED) is 0.707. The van der Waals surface area contributed by atoms with Gasteiger partial charge < -0.3 is 4.90 Å². The number of hydrogen-bond acceptors (Lipinski definition) is 1. The van der Waals surface area contributed by atoms with Gasteiger partial charge in [0.05, 0.1) is 10.7 Å². The monoisotopic (exact) mass is 351 g/mol. The Kier molecular flexibility index (Phi) is 3.38. The Labute approximate surface area is 110 Å². The molecule has 2 rings (SSSR count). The van der Waals surface area contributed by atoms with E-state index in [1.165, 1.54) is 0 Å². The topological polar surface area (TPSA) is 20.3 Å². The second-order valence-electron chi connectivity index (χ2n) is 3.40. The highest BCUT2D eigenvalue weighted by atomic mass is 79.9. The van der Waals surface area contributed by atoms with Gasteiger partial charge in [-0.25, -0.2) is 0 Å². The minimum absolute atomic E-state index is 0.112. The third-order valence-electron chi connectivity index (χ3n) is 2.28. The maximum atomic E-state index is 11.6. The number of benzene rings is 1. The lowest BCUT2D eigenvalue weighted by Gasteiger charge is -2.17. The molecule has 2 nitrogen and oxygen atoms in total. The molecule has 0 N–H and O–H groups in total. The van der Waals surface area contributed by atoms with E-state index in [9.17, 15) is 4.79 Å². The van der Waals surface area contributed by atoms with Crippen molar-refractivity contribution in [3.05, 3.63) is 27.7 Å². The summed E-state index contributed by atoms with van der Waals surface area (Å²) in [5, 5.41) is 0.597. The maximum absolute atomic E-state index is 11.6. The molecule has 5 heteroatoms. The van der Waals surface area contributed by atoms with Crippen molar-refractivity contribution in [2.75, 3.05) is 11.4 Å². The van der Waals surface area contributed by atoms with E-state index in [-0.39, 0.29) is 10.7 Å². The minimum Gasteiger partial charge on any atom is -0.310 e. The van der Waals surface area contributed by atoms with Gasteiger partial charge in [0.1, 0.15) is 0 Å². The molecule has 1 aromatic carbocycles. The summed E-state index contributed by atoms with van der Waals surface area (Å²) in [7, 11) is 0. The van der Waals surface area contributed by atoms with Gasteiger partial charge in [-0.3, -0.25) is 4.79 Å². The van der Waals surface area contributed by atoms with Gasteiger partial charge in [-0.2, -0.15) is 0 Å². The van der Waals surface area contributed by atoms with Gasteiger partial charge in [0.15, 0.2) is 0 Å². The molecule has 0 radical (unpaired) electrons. The standard InChI is InChI=1S/C10H8Br2ClNO/c11-6-1-2-9(8(13)3-6)14-5-7(12)4-10(14)15/h1-3,7H,4-5H2. The first kappa shape index (κ1) is 11.4. The van der Waals surface area contributed by atoms with Crippen LogP contribution in [0.3, 0.4) is 0 Å². The largest absolute Gasteiger partial charge is 0.310 e. The lowest BCUT2D eigenvalue weighted by molar-refractivity contribution is -0.117. The van der Waals surface area contributed by atoms with E-state index in [0.29, 0.717) is 18.0 Å². The third-order valence-corrected chi connectivity index (χ3v) is 3.69. The van der Waals surface area contributed by atoms with Crippen molar-refractivity contribution in [2.24, 2.45) is 0 Å². The zero-order chi connectivity index (χ0) is 11.0. The van der Waals surface area contributed by atoms with Crippen LogP contribution >= 0.6 is 43.5 Å². The molecule has 1 fully saturated rings. The number of anilines is 1. The normalized spacial score (nSPS) is 21.1. The van der Waals surface area contributed by atoms with Crippen LogP contribution in [0.4, 0.5) is 5.69 Å². The molecular formula is C10H8Br2ClNO. The fraction of sp³-hybridized carbons (Fsp3) is 0.300. The summed E-state index contributed by atoms with van der Waals surface area (Å²) < 4.78 is 0.915. The van der Waals surface area contributed by atoms with Gasteiger partial charge in [-0.15, -0.1) is 0 Å². The average Bonchev–Trinajstić information content (AvgIpc) is 2.45. The SMILES string of the molecule is O=C1CC(Br)CN1c1ccc(Br)cc1Cl. The number of amides is 1. The molecule has 0 aromatic heterocycles. The summed E-state index contributed by atoms with van der Waals surface area (Å²) in [4.78, 5) is 13.6. The van der Waals surface area contributed by atoms with Crippen molar-refractivity contribution in [1.82, 2.24) is 0 Å². The van der Waals surface area contributed by atoms with E-state index in [2.05, 4.69) is 31.9 Å². The molecule has 0 bridgehead atoms. The first-order chi connectivity index (χ1) is 7.08. The maximum Gasteiger partial charge on any atom is 0.228 e. The number of nitrogens with zero attached hydrogens (tertiary/aromatic N) is 1. The van der Waals surface area contributed by atoms with Crippen LogP contribution < -0.4 is 4.90 Å². The molecule has 0 spiro atoms. The Morgan fingerprint density at radius 2 is 2.20 bits per heavy atom. The van der Waals surface area contributed by atoms with E-state index in [0.717, 1.165) is 10.2 Å². The van der Waals surface area contributed by atoms with Crippen LogP contribution in [-0.4, -0.2) is 17.3 Å². The molecule has 1 aliphatic rings. The van der Waals surface area contributed by atoms with Crippen molar-refractivity contribution in [1.29, 1.82) is 0 Å². The lowest BCUT2D eigenvalue weighted by atomic mass is 10.3. The molecule has 1 unspecified atom stereocenters. The molecule has 15 heavy (non-hydrogen) atoms. The average molecular weight is 353 g/mol. The van der Waals surface area contributed by atoms with Crippen molar-refractivity contribution in [3.8, 4) is 0 Å². The molecule has 1 amide bonds. The Morgan fingerprint density at radius 1 is 1.47 bits per heavy atom. The molecule has 0 saturated carbocycles. The molecule has 1 aliphatic heterocycles. The van der Waals surface area contributed by atoms with E-state index in [1.54, 1.807) is 11.0 Å². The summed E-state index contributed by atoms with van der Waals surface area (Å²) in [5.74, 6) is 0.112. The number of carbonyl (C=O) groups is 1. The van der Waals surface area contributed by atoms with Gasteiger partial charge >= 0.3 is 0 Å². The van der Waals surface area contributed by atoms with Crippen molar-refractivity contribution >= 4 is 55.1 Å². The Bertz CT molecular complexity index is 410. The molecule has 1 atom stereocenters. The lowest BCUT2D eigenvalue weighted by Crippen LogP contribution is -2.24. The summed E-state index contributed by atoms with van der Waals surface area (Å²) in [6, 6.07) is 5.54. The second-order valence-corrected chi connectivity index (χ2v) is 6.02. The fourth-order valence-corrected chi connectivity index (χ4v) is 2.94. The molecule has 0 aliphatic carbocycles. The Hall–Kier alpha value is -0.0600. The van der Waals surface area contributed by atoms with Crippen LogP contribution in [0.15, 0.2) is 22.7 Å². The summed E-state index contributed by atoms with van der Waals surface area (Å²) in [6.07, 6.45) is 0.534. The zero-order valence-electron chi connectivity index (χ0n) is 7.71. The van der Waals surface area contributed by atoms with E-state index >= 15 is 0 Å². The smallest absolute Gasteiger partial charge is 0.228 e. The Balaban J connectivity index is 2.34. The number of hydrogen-bond donors (Lipinski definition) is 0. The van der Waals surface area contributed by atoms with Gasteiger partial charge in [0.25, 0.3) is 0 Å². The van der Waals surface area contributed by atoms with E-state index in [4.69, 9.17) is 11.6 Å². The number of alkyl halides is 1. The number of rotatable bonds is 1. The van der Waals surface area contributed by atoms with Crippen LogP contribution in [0.5, 0.6) is 0 Å². The highest BCUT2D eigenvalue weighted by molar-refractivity contribution is 9.10. The van der Waals surface area contributed by atoms with Crippen molar-refractivity contribution in [2.45, 2.75) is 11.2 Å². The van der Waals surface area contributed by atoms with Gasteiger partial charge in [-0.1, -0.05) is 43.5 Å². The summed E-state index contributed by atoms with van der Waals surface area (Å²) >= 11 is 12.9. The predicted octanol–water partition coefficient (Wildman–Crippen LogP) is 3.60. The fourth-order valence-electron chi connectivity index (χ4n) is 1.60. The van der Waals surface area contributed by atoms with Gasteiger partial charge in [-0.05, 0) is 18.2 Å². The van der Waals surface area contributed by atoms with Crippen LogP contribution in [-0.2, 0) is 4.79 Å². The van der Waals surface area contributed by atoms with E-state index in [1.807, 2.05) is 12.1 Å². The third kappa shape index (κ3) is 2.37. The first-order valence-corrected chi connectivity index (χ1v) is 6.56. The van der Waals surface area contributed by atoms with Crippen LogP contribution in [0.25, 0.3) is 0 Å². The van der Waals surface area contributed by atoms with Gasteiger partial charge in [0.2, 0.25) is 5.91 Å². The zero-order valence-corrected chi connectivity index (χ0v) is 11.6. The molecular weight excluding hydrogens is 345 g/mol. The molecule has 80 valence electrons. The minimum atomic E-state index is 0.112. The van der Waals surface area contributed by atoms with Crippen LogP contribution in [0.2, 0.25) is 5.02 Å². The molecule has 1 saturated heterocycles. The first-order valence-electron chi connectivity index (χ1n) is 4.47. The molecule has 1 heterocycles. The summed E-state index contributed by atoms with van der Waals surface area (Å²) in [6.45, 7) is 0.681. The van der Waals surface area contributed by atoms with Crippen molar-refractivity contribution in [3.63, 3.8) is 0 Å². The van der Waals surface area contributed by atoms with Crippen LogP contribution in [0.1, 0.15) is 6.42 Å². The number of halogens is 3. The highest BCUT2D eigenvalue weighted by Gasteiger charge is 2.29. The molecule has 1 aromatic rings. The second kappa shape index (κ2) is 4.44.